The van der Waals surface area contributed by atoms with Gasteiger partial charge in [0.25, 0.3) is 8.32 Å². The Kier molecular flexibility index (Phi) is 11.3. The number of aliphatic hydroxyl groups is 1. The Bertz CT molecular complexity index is 1040. The summed E-state index contributed by atoms with van der Waals surface area (Å²) in [5.74, 6) is 0.573. The minimum absolute atomic E-state index is 0.128. The van der Waals surface area contributed by atoms with Crippen molar-refractivity contribution in [1.82, 2.24) is 0 Å². The fourth-order valence-electron chi connectivity index (χ4n) is 4.77. The molecule has 2 atom stereocenters. The third-order valence-corrected chi connectivity index (χ3v) is 11.8. The van der Waals surface area contributed by atoms with Gasteiger partial charge in [0.15, 0.2) is 0 Å². The zero-order valence-corrected chi connectivity index (χ0v) is 24.1. The first-order chi connectivity index (χ1) is 18.3. The highest BCUT2D eigenvalue weighted by molar-refractivity contribution is 6.99. The predicted octanol–water partition coefficient (Wildman–Crippen LogP) is 5.32. The molecule has 0 spiro atoms. The van der Waals surface area contributed by atoms with E-state index in [2.05, 4.69) is 75.9 Å². The van der Waals surface area contributed by atoms with Crippen molar-refractivity contribution in [2.45, 2.75) is 44.9 Å². The van der Waals surface area contributed by atoms with Crippen LogP contribution in [0.25, 0.3) is 0 Å². The molecule has 204 valence electrons. The van der Waals surface area contributed by atoms with Gasteiger partial charge in [-0.1, -0.05) is 99.6 Å². The summed E-state index contributed by atoms with van der Waals surface area (Å²) < 4.78 is 23.9. The maximum absolute atomic E-state index is 11.0. The van der Waals surface area contributed by atoms with Crippen LogP contribution >= 0.6 is 0 Å². The summed E-state index contributed by atoms with van der Waals surface area (Å²) >= 11 is 0. The Morgan fingerprint density at radius 2 is 1.42 bits per heavy atom. The third-order valence-electron chi connectivity index (χ3n) is 6.81. The molecule has 0 radical (unpaired) electrons. The van der Waals surface area contributed by atoms with Crippen LogP contribution in [0.4, 0.5) is 0 Å². The van der Waals surface area contributed by atoms with Crippen LogP contribution in [0.5, 0.6) is 5.75 Å². The molecule has 0 aromatic heterocycles. The zero-order valence-electron chi connectivity index (χ0n) is 23.1. The molecule has 0 aliphatic carbocycles. The van der Waals surface area contributed by atoms with Crippen molar-refractivity contribution >= 4 is 18.7 Å². The van der Waals surface area contributed by atoms with Crippen LogP contribution in [-0.4, -0.2) is 46.6 Å². The summed E-state index contributed by atoms with van der Waals surface area (Å²) in [6.07, 6.45) is 1.57. The lowest BCUT2D eigenvalue weighted by atomic mass is 10.0. The van der Waals surface area contributed by atoms with Crippen molar-refractivity contribution in [2.24, 2.45) is 5.92 Å². The van der Waals surface area contributed by atoms with Gasteiger partial charge in [0, 0.05) is 12.5 Å². The molecule has 0 heterocycles. The second-order valence-electron chi connectivity index (χ2n) is 10.5. The van der Waals surface area contributed by atoms with E-state index in [1.807, 2.05) is 36.4 Å². The van der Waals surface area contributed by atoms with E-state index in [0.717, 1.165) is 11.3 Å². The molecule has 3 aromatic carbocycles. The van der Waals surface area contributed by atoms with Gasteiger partial charge in [-0.3, -0.25) is 0 Å². The number of methoxy groups -OCH3 is 1. The predicted molar refractivity (Wildman–Crippen MR) is 156 cm³/mol. The largest absolute Gasteiger partial charge is 0.497 e. The van der Waals surface area contributed by atoms with Crippen molar-refractivity contribution < 1.29 is 23.7 Å². The van der Waals surface area contributed by atoms with Crippen LogP contribution in [0.15, 0.2) is 97.6 Å². The number of hydrogen-bond acceptors (Lipinski definition) is 5. The highest BCUT2D eigenvalue weighted by Crippen LogP contribution is 2.37. The second-order valence-corrected chi connectivity index (χ2v) is 14.8. The second kappa shape index (κ2) is 14.4. The monoisotopic (exact) mass is 534 g/mol. The van der Waals surface area contributed by atoms with Gasteiger partial charge in [0.05, 0.1) is 26.4 Å². The van der Waals surface area contributed by atoms with Gasteiger partial charge in [-0.15, -0.1) is 6.58 Å². The molecule has 0 amide bonds. The average Bonchev–Trinajstić information content (AvgIpc) is 2.93. The molecule has 38 heavy (non-hydrogen) atoms. The summed E-state index contributed by atoms with van der Waals surface area (Å²) in [4.78, 5) is 0. The molecule has 0 aliphatic rings. The Hall–Kier alpha value is -2.74. The number of hydrogen-bond donors (Lipinski definition) is 1. The molecule has 6 heteroatoms. The van der Waals surface area contributed by atoms with E-state index in [0.29, 0.717) is 26.2 Å². The quantitative estimate of drug-likeness (QED) is 0.124. The van der Waals surface area contributed by atoms with Gasteiger partial charge in [-0.05, 0) is 39.5 Å². The zero-order chi connectivity index (χ0) is 27.4. The molecular weight excluding hydrogens is 492 g/mol. The average molecular weight is 535 g/mol. The molecular formula is C32H42O5Si. The van der Waals surface area contributed by atoms with Gasteiger partial charge in [-0.25, -0.2) is 0 Å². The SMILES string of the molecule is C=CC[C@H](O)[C@H](COCOCc1ccc(OC)cc1)CO[Si](c1ccccc1)(c1ccccc1)C(C)(C)C. The molecule has 5 nitrogen and oxygen atoms in total. The van der Waals surface area contributed by atoms with E-state index in [4.69, 9.17) is 18.6 Å². The van der Waals surface area contributed by atoms with Crippen LogP contribution in [0.1, 0.15) is 32.8 Å². The molecule has 1 N–H and O–H groups in total. The highest BCUT2D eigenvalue weighted by Gasteiger charge is 2.50. The van der Waals surface area contributed by atoms with Crippen molar-refractivity contribution in [3.8, 4) is 5.75 Å². The summed E-state index contributed by atoms with van der Waals surface area (Å²) in [6, 6.07) is 28.8. The Labute approximate surface area is 229 Å². The topological polar surface area (TPSA) is 57.2 Å². The van der Waals surface area contributed by atoms with Crippen molar-refractivity contribution in [3.63, 3.8) is 0 Å². The minimum atomic E-state index is -2.72. The lowest BCUT2D eigenvalue weighted by molar-refractivity contribution is -0.0888. The maximum atomic E-state index is 11.0. The summed E-state index contributed by atoms with van der Waals surface area (Å²) in [6.45, 7) is 11.8. The van der Waals surface area contributed by atoms with E-state index in [1.165, 1.54) is 10.4 Å². The standard InChI is InChI=1S/C32H42O5Si/c1-6-13-31(33)27(23-36-25-35-22-26-18-20-28(34-5)21-19-26)24-37-38(32(2,3)4,29-14-9-7-10-15-29)30-16-11-8-12-17-30/h6-12,14-21,27,31,33H,1,13,22-25H2,2-5H3/t27-,31+/m1/s1. The smallest absolute Gasteiger partial charge is 0.261 e. The molecule has 0 saturated carbocycles. The number of benzene rings is 3. The lowest BCUT2D eigenvalue weighted by Crippen LogP contribution is -2.67. The minimum Gasteiger partial charge on any atom is -0.497 e. The molecule has 0 saturated heterocycles. The maximum Gasteiger partial charge on any atom is 0.261 e. The van der Waals surface area contributed by atoms with Crippen LogP contribution in [0.2, 0.25) is 5.04 Å². The lowest BCUT2D eigenvalue weighted by Gasteiger charge is -2.44. The highest BCUT2D eigenvalue weighted by atomic mass is 28.4. The molecule has 0 aliphatic heterocycles. The van der Waals surface area contributed by atoms with Crippen LogP contribution in [0.3, 0.4) is 0 Å². The van der Waals surface area contributed by atoms with E-state index in [1.54, 1.807) is 13.2 Å². The van der Waals surface area contributed by atoms with E-state index >= 15 is 0 Å². The number of aliphatic hydroxyl groups excluding tert-OH is 1. The van der Waals surface area contributed by atoms with Gasteiger partial charge in [-0.2, -0.15) is 0 Å². The summed E-state index contributed by atoms with van der Waals surface area (Å²) in [5, 5.41) is 13.2. The fraction of sp³-hybridized carbons (Fsp3) is 0.375. The van der Waals surface area contributed by atoms with Crippen molar-refractivity contribution in [2.75, 3.05) is 27.1 Å². The van der Waals surface area contributed by atoms with E-state index in [9.17, 15) is 5.11 Å². The van der Waals surface area contributed by atoms with Crippen LogP contribution in [0, 0.1) is 5.92 Å². The molecule has 0 unspecified atom stereocenters. The first-order valence-corrected chi connectivity index (χ1v) is 15.0. The summed E-state index contributed by atoms with van der Waals surface area (Å²) in [7, 11) is -1.07. The first-order valence-electron chi connectivity index (χ1n) is 13.1. The number of rotatable bonds is 15. The van der Waals surface area contributed by atoms with Crippen LogP contribution in [-0.2, 0) is 20.5 Å². The van der Waals surface area contributed by atoms with Crippen molar-refractivity contribution in [3.05, 3.63) is 103 Å². The summed E-state index contributed by atoms with van der Waals surface area (Å²) in [5.41, 5.74) is 1.03. The third kappa shape index (κ3) is 7.65. The van der Waals surface area contributed by atoms with Crippen LogP contribution < -0.4 is 15.1 Å². The van der Waals surface area contributed by atoms with Gasteiger partial charge in [0.2, 0.25) is 0 Å². The van der Waals surface area contributed by atoms with E-state index < -0.39 is 14.4 Å². The van der Waals surface area contributed by atoms with E-state index in [-0.39, 0.29) is 17.7 Å². The number of ether oxygens (including phenoxy) is 3. The molecule has 0 fully saturated rings. The van der Waals surface area contributed by atoms with Gasteiger partial charge < -0.3 is 23.7 Å². The molecule has 3 rings (SSSR count). The van der Waals surface area contributed by atoms with Gasteiger partial charge in [0.1, 0.15) is 12.5 Å². The first kappa shape index (κ1) is 29.8. The molecule has 0 bridgehead atoms. The Morgan fingerprint density at radius 3 is 1.92 bits per heavy atom. The normalized spacial score (nSPS) is 13.6. The fourth-order valence-corrected chi connectivity index (χ4v) is 9.39. The molecule has 3 aromatic rings. The van der Waals surface area contributed by atoms with Crippen molar-refractivity contribution in [1.29, 1.82) is 0 Å². The Balaban J connectivity index is 1.73. The van der Waals surface area contributed by atoms with Gasteiger partial charge >= 0.3 is 0 Å². The Morgan fingerprint density at radius 1 is 0.842 bits per heavy atom.